The molecule has 0 radical (unpaired) electrons. The van der Waals surface area contributed by atoms with Crippen molar-refractivity contribution in [2.45, 2.75) is 19.3 Å². The van der Waals surface area contributed by atoms with Crippen molar-refractivity contribution in [3.8, 4) is 73.6 Å². The zero-order chi connectivity index (χ0) is 32.0. The second-order valence-electron chi connectivity index (χ2n) is 12.4. The molecule has 47 heavy (non-hydrogen) atoms. The lowest BCUT2D eigenvalue weighted by atomic mass is 9.82. The molecule has 0 saturated carbocycles. The molecule has 0 atom stereocenters. The molecule has 222 valence electrons. The summed E-state index contributed by atoms with van der Waals surface area (Å²) in [5, 5.41) is 9.90. The van der Waals surface area contributed by atoms with E-state index in [9.17, 15) is 5.26 Å². The van der Waals surface area contributed by atoms with Crippen LogP contribution in [0.25, 0.3) is 67.5 Å². The maximum Gasteiger partial charge on any atom is 0.164 e. The third-order valence-electron chi connectivity index (χ3n) is 9.21. The number of hydrogen-bond donors (Lipinski definition) is 0. The van der Waals surface area contributed by atoms with Gasteiger partial charge in [0.2, 0.25) is 0 Å². The van der Waals surface area contributed by atoms with Crippen LogP contribution in [0.5, 0.6) is 0 Å². The minimum Gasteiger partial charge on any atom is -0.208 e. The van der Waals surface area contributed by atoms with Crippen LogP contribution in [-0.4, -0.2) is 15.0 Å². The highest BCUT2D eigenvalue weighted by Crippen LogP contribution is 2.50. The quantitative estimate of drug-likeness (QED) is 0.197. The van der Waals surface area contributed by atoms with E-state index in [1.165, 1.54) is 16.7 Å². The standard InChI is InChI=1S/C43H30N4/c1-43(2)37-25-24-34(26-36(37)39-35(27-44)14-9-15-38(39)43)30-18-22-33(23-19-30)42-46-40(31-12-7-4-8-13-31)45-41(47-42)32-20-16-29(17-21-32)28-10-5-3-6-11-28/h3-26H,1-2H3. The van der Waals surface area contributed by atoms with Crippen LogP contribution in [0.3, 0.4) is 0 Å². The summed E-state index contributed by atoms with van der Waals surface area (Å²) in [7, 11) is 0. The fourth-order valence-corrected chi connectivity index (χ4v) is 6.68. The van der Waals surface area contributed by atoms with Crippen LogP contribution < -0.4 is 0 Å². The number of nitriles is 1. The van der Waals surface area contributed by atoms with Gasteiger partial charge in [-0.2, -0.15) is 5.26 Å². The fourth-order valence-electron chi connectivity index (χ4n) is 6.68. The number of benzene rings is 6. The summed E-state index contributed by atoms with van der Waals surface area (Å²) < 4.78 is 0. The highest BCUT2D eigenvalue weighted by atomic mass is 15.0. The van der Waals surface area contributed by atoms with E-state index in [0.29, 0.717) is 17.5 Å². The average molecular weight is 603 g/mol. The minimum absolute atomic E-state index is 0.158. The van der Waals surface area contributed by atoms with Crippen molar-refractivity contribution in [1.29, 1.82) is 5.26 Å². The Bertz CT molecular complexity index is 2300. The van der Waals surface area contributed by atoms with E-state index < -0.39 is 0 Å². The number of hydrogen-bond acceptors (Lipinski definition) is 4. The first-order chi connectivity index (χ1) is 23.0. The predicted molar refractivity (Wildman–Crippen MR) is 189 cm³/mol. The molecule has 7 aromatic rings. The van der Waals surface area contributed by atoms with Crippen LogP contribution in [0.4, 0.5) is 0 Å². The molecule has 0 fully saturated rings. The van der Waals surface area contributed by atoms with E-state index in [-0.39, 0.29) is 5.41 Å². The first kappa shape index (κ1) is 28.3. The van der Waals surface area contributed by atoms with Gasteiger partial charge in [-0.15, -0.1) is 0 Å². The average Bonchev–Trinajstić information content (AvgIpc) is 3.38. The molecule has 0 unspecified atom stereocenters. The van der Waals surface area contributed by atoms with Gasteiger partial charge in [0.05, 0.1) is 11.6 Å². The molecule has 4 nitrogen and oxygen atoms in total. The molecule has 1 aliphatic carbocycles. The Morgan fingerprint density at radius 3 is 1.45 bits per heavy atom. The van der Waals surface area contributed by atoms with Crippen LogP contribution in [0.15, 0.2) is 146 Å². The predicted octanol–water partition coefficient (Wildman–Crippen LogP) is 10.4. The largest absolute Gasteiger partial charge is 0.208 e. The van der Waals surface area contributed by atoms with Crippen LogP contribution in [0.2, 0.25) is 0 Å². The van der Waals surface area contributed by atoms with Gasteiger partial charge in [0.15, 0.2) is 17.5 Å². The Morgan fingerprint density at radius 2 is 0.894 bits per heavy atom. The maximum atomic E-state index is 9.90. The molecule has 4 heteroatoms. The Hall–Kier alpha value is -6.18. The van der Waals surface area contributed by atoms with Crippen molar-refractivity contribution in [1.82, 2.24) is 15.0 Å². The SMILES string of the molecule is CC1(C)c2ccc(-c3ccc(-c4nc(-c5ccccc5)nc(-c5ccc(-c6ccccc6)cc5)n4)cc3)cc2-c2c(C#N)cccc21. The van der Waals surface area contributed by atoms with Crippen molar-refractivity contribution in [3.63, 3.8) is 0 Å². The Kier molecular flexibility index (Phi) is 6.82. The van der Waals surface area contributed by atoms with Crippen LogP contribution >= 0.6 is 0 Å². The molecule has 0 N–H and O–H groups in total. The topological polar surface area (TPSA) is 62.5 Å². The van der Waals surface area contributed by atoms with Gasteiger partial charge < -0.3 is 0 Å². The third-order valence-corrected chi connectivity index (χ3v) is 9.21. The molecule has 1 aliphatic rings. The van der Waals surface area contributed by atoms with E-state index in [0.717, 1.165) is 50.1 Å². The van der Waals surface area contributed by atoms with Crippen LogP contribution in [0.1, 0.15) is 30.5 Å². The first-order valence-corrected chi connectivity index (χ1v) is 15.8. The Labute approximate surface area is 274 Å². The van der Waals surface area contributed by atoms with Crippen LogP contribution in [-0.2, 0) is 5.41 Å². The number of fused-ring (bicyclic) bond motifs is 3. The molecule has 0 bridgehead atoms. The number of nitrogens with zero attached hydrogens (tertiary/aromatic N) is 4. The second-order valence-corrected chi connectivity index (χ2v) is 12.4. The zero-order valence-corrected chi connectivity index (χ0v) is 26.1. The summed E-state index contributed by atoms with van der Waals surface area (Å²) in [6, 6.07) is 52.2. The molecular weight excluding hydrogens is 573 g/mol. The summed E-state index contributed by atoms with van der Waals surface area (Å²) in [4.78, 5) is 14.8. The van der Waals surface area contributed by atoms with E-state index in [1.54, 1.807) is 0 Å². The van der Waals surface area contributed by atoms with Gasteiger partial charge >= 0.3 is 0 Å². The molecule has 0 spiro atoms. The van der Waals surface area contributed by atoms with E-state index in [2.05, 4.69) is 105 Å². The lowest BCUT2D eigenvalue weighted by Gasteiger charge is -2.21. The molecule has 0 saturated heterocycles. The summed E-state index contributed by atoms with van der Waals surface area (Å²) in [5.74, 6) is 1.89. The molecule has 8 rings (SSSR count). The molecule has 6 aromatic carbocycles. The third kappa shape index (κ3) is 4.99. The van der Waals surface area contributed by atoms with Gasteiger partial charge in [-0.1, -0.05) is 147 Å². The highest BCUT2D eigenvalue weighted by molar-refractivity contribution is 5.88. The van der Waals surface area contributed by atoms with Crippen molar-refractivity contribution < 1.29 is 0 Å². The number of rotatable bonds is 5. The molecular formula is C43H30N4. The summed E-state index contributed by atoms with van der Waals surface area (Å²) in [6.45, 7) is 4.47. The van der Waals surface area contributed by atoms with Gasteiger partial charge in [0.25, 0.3) is 0 Å². The van der Waals surface area contributed by atoms with Gasteiger partial charge in [-0.3, -0.25) is 0 Å². The van der Waals surface area contributed by atoms with Gasteiger partial charge in [-0.25, -0.2) is 15.0 Å². The summed E-state index contributed by atoms with van der Waals surface area (Å²) >= 11 is 0. The normalized spacial score (nSPS) is 12.6. The van der Waals surface area contributed by atoms with Crippen molar-refractivity contribution >= 4 is 0 Å². The Morgan fingerprint density at radius 1 is 0.447 bits per heavy atom. The zero-order valence-electron chi connectivity index (χ0n) is 26.1. The smallest absolute Gasteiger partial charge is 0.164 e. The lowest BCUT2D eigenvalue weighted by Crippen LogP contribution is -2.14. The van der Waals surface area contributed by atoms with E-state index in [1.807, 2.05) is 60.7 Å². The monoisotopic (exact) mass is 602 g/mol. The molecule has 0 aliphatic heterocycles. The maximum absolute atomic E-state index is 9.90. The first-order valence-electron chi connectivity index (χ1n) is 15.8. The molecule has 1 aromatic heterocycles. The fraction of sp³-hybridized carbons (Fsp3) is 0.0698. The van der Waals surface area contributed by atoms with Crippen molar-refractivity contribution in [2.24, 2.45) is 0 Å². The van der Waals surface area contributed by atoms with E-state index in [4.69, 9.17) is 15.0 Å². The van der Waals surface area contributed by atoms with Gasteiger partial charge in [0.1, 0.15) is 0 Å². The second kappa shape index (κ2) is 11.3. The van der Waals surface area contributed by atoms with Gasteiger partial charge in [0, 0.05) is 27.7 Å². The summed E-state index contributed by atoms with van der Waals surface area (Å²) in [5.41, 5.74) is 12.5. The number of aromatic nitrogens is 3. The van der Waals surface area contributed by atoms with Gasteiger partial charge in [-0.05, 0) is 51.1 Å². The van der Waals surface area contributed by atoms with Crippen LogP contribution in [0, 0.1) is 11.3 Å². The molecule has 1 heterocycles. The highest BCUT2D eigenvalue weighted by Gasteiger charge is 2.36. The van der Waals surface area contributed by atoms with E-state index >= 15 is 0 Å². The molecule has 0 amide bonds. The van der Waals surface area contributed by atoms with Crippen molar-refractivity contribution in [3.05, 3.63) is 162 Å². The minimum atomic E-state index is -0.158. The summed E-state index contributed by atoms with van der Waals surface area (Å²) in [6.07, 6.45) is 0. The Balaban J connectivity index is 1.17. The van der Waals surface area contributed by atoms with Crippen molar-refractivity contribution in [2.75, 3.05) is 0 Å². The lowest BCUT2D eigenvalue weighted by molar-refractivity contribution is 0.660.